The molecule has 1 amide bonds. The molecule has 28 heavy (non-hydrogen) atoms. The average molecular weight is 423 g/mol. The quantitative estimate of drug-likeness (QED) is 0.421. The highest BCUT2D eigenvalue weighted by Crippen LogP contribution is 2.41. The minimum atomic E-state index is -0.583. The van der Waals surface area contributed by atoms with E-state index in [1.807, 2.05) is 0 Å². The number of methoxy groups -OCH3 is 1. The van der Waals surface area contributed by atoms with Gasteiger partial charge in [0.25, 0.3) is 11.6 Å². The Kier molecular flexibility index (Phi) is 6.00. The molecule has 3 rings (SSSR count). The van der Waals surface area contributed by atoms with Gasteiger partial charge in [0.2, 0.25) is 0 Å². The number of hydrogen-bond donors (Lipinski definition) is 1. The van der Waals surface area contributed by atoms with Crippen LogP contribution in [0.2, 0.25) is 5.02 Å². The molecule has 0 saturated heterocycles. The van der Waals surface area contributed by atoms with Gasteiger partial charge in [-0.1, -0.05) is 24.9 Å². The number of benzene rings is 1. The van der Waals surface area contributed by atoms with Crippen LogP contribution in [0, 0.1) is 16.0 Å². The fourth-order valence-corrected chi connectivity index (χ4v) is 4.99. The van der Waals surface area contributed by atoms with Crippen molar-refractivity contribution in [2.24, 2.45) is 5.92 Å². The predicted octanol–water partition coefficient (Wildman–Crippen LogP) is 4.86. The number of hydrogen-bond acceptors (Lipinski definition) is 6. The molecule has 1 aromatic heterocycles. The molecule has 1 atom stereocenters. The minimum absolute atomic E-state index is 0.0290. The van der Waals surface area contributed by atoms with Gasteiger partial charge in [-0.05, 0) is 36.8 Å². The van der Waals surface area contributed by atoms with Crippen LogP contribution >= 0.6 is 22.9 Å². The van der Waals surface area contributed by atoms with Crippen LogP contribution in [0.15, 0.2) is 18.2 Å². The molecule has 0 radical (unpaired) electrons. The van der Waals surface area contributed by atoms with Crippen molar-refractivity contribution in [3.8, 4) is 0 Å². The van der Waals surface area contributed by atoms with Gasteiger partial charge in [0.1, 0.15) is 5.00 Å². The fourth-order valence-electron chi connectivity index (χ4n) is 3.38. The third-order valence-corrected chi connectivity index (χ3v) is 6.45. The van der Waals surface area contributed by atoms with E-state index in [-0.39, 0.29) is 16.3 Å². The first kappa shape index (κ1) is 20.3. The third-order valence-electron chi connectivity index (χ3n) is 4.97. The van der Waals surface area contributed by atoms with Crippen molar-refractivity contribution in [1.29, 1.82) is 0 Å². The minimum Gasteiger partial charge on any atom is -0.465 e. The summed E-state index contributed by atoms with van der Waals surface area (Å²) in [6.45, 7) is 2.14. The second-order valence-electron chi connectivity index (χ2n) is 6.59. The van der Waals surface area contributed by atoms with Crippen LogP contribution in [0.25, 0.3) is 0 Å². The zero-order valence-electron chi connectivity index (χ0n) is 15.4. The molecule has 148 valence electrons. The topological polar surface area (TPSA) is 98.5 Å². The van der Waals surface area contributed by atoms with Crippen molar-refractivity contribution >= 4 is 45.5 Å². The second-order valence-corrected chi connectivity index (χ2v) is 8.10. The Labute approximate surface area is 170 Å². The fraction of sp³-hybridized carbons (Fsp3) is 0.368. The van der Waals surface area contributed by atoms with Gasteiger partial charge in [-0.3, -0.25) is 14.9 Å². The van der Waals surface area contributed by atoms with Crippen molar-refractivity contribution in [2.75, 3.05) is 12.4 Å². The molecule has 1 N–H and O–H groups in total. The van der Waals surface area contributed by atoms with Gasteiger partial charge in [-0.25, -0.2) is 4.79 Å². The molecule has 1 unspecified atom stereocenters. The summed E-state index contributed by atoms with van der Waals surface area (Å²) in [5.74, 6) is -0.461. The molecule has 0 fully saturated rings. The Morgan fingerprint density at radius 2 is 2.18 bits per heavy atom. The number of ether oxygens (including phenoxy) is 1. The maximum absolute atomic E-state index is 12.7. The zero-order chi connectivity index (χ0) is 20.4. The van der Waals surface area contributed by atoms with E-state index in [1.165, 1.54) is 30.6 Å². The van der Waals surface area contributed by atoms with E-state index in [9.17, 15) is 19.7 Å². The molecule has 0 aliphatic heterocycles. The molecule has 7 nitrogen and oxygen atoms in total. The number of carbonyl (C=O) groups is 2. The average Bonchev–Trinajstić information content (AvgIpc) is 3.03. The first-order valence-electron chi connectivity index (χ1n) is 8.83. The van der Waals surface area contributed by atoms with Crippen LogP contribution in [0.3, 0.4) is 0 Å². The lowest BCUT2D eigenvalue weighted by Gasteiger charge is -2.20. The first-order chi connectivity index (χ1) is 13.3. The van der Waals surface area contributed by atoms with E-state index in [4.69, 9.17) is 16.3 Å². The van der Waals surface area contributed by atoms with Crippen molar-refractivity contribution in [3.63, 3.8) is 0 Å². The van der Waals surface area contributed by atoms with Gasteiger partial charge in [-0.15, -0.1) is 11.3 Å². The van der Waals surface area contributed by atoms with Gasteiger partial charge >= 0.3 is 5.97 Å². The highest BCUT2D eigenvalue weighted by atomic mass is 35.5. The van der Waals surface area contributed by atoms with Gasteiger partial charge in [0.05, 0.1) is 28.2 Å². The van der Waals surface area contributed by atoms with E-state index >= 15 is 0 Å². The number of fused-ring (bicyclic) bond motifs is 1. The summed E-state index contributed by atoms with van der Waals surface area (Å²) in [5.41, 5.74) is 1.23. The Morgan fingerprint density at radius 3 is 2.79 bits per heavy atom. The summed E-state index contributed by atoms with van der Waals surface area (Å²) in [5, 5.41) is 14.0. The van der Waals surface area contributed by atoms with Gasteiger partial charge < -0.3 is 10.1 Å². The number of nitrogens with zero attached hydrogens (tertiary/aromatic N) is 1. The smallest absolute Gasteiger partial charge is 0.341 e. The van der Waals surface area contributed by atoms with Crippen LogP contribution in [0.4, 0.5) is 10.7 Å². The number of nitro benzene ring substituents is 1. The summed E-state index contributed by atoms with van der Waals surface area (Å²) < 4.78 is 4.92. The monoisotopic (exact) mass is 422 g/mol. The number of thiophene rings is 1. The molecule has 0 spiro atoms. The Morgan fingerprint density at radius 1 is 1.43 bits per heavy atom. The Balaban J connectivity index is 1.93. The van der Waals surface area contributed by atoms with Crippen LogP contribution in [0.5, 0.6) is 0 Å². The maximum Gasteiger partial charge on any atom is 0.341 e. The van der Waals surface area contributed by atoms with E-state index in [0.29, 0.717) is 16.5 Å². The number of esters is 1. The zero-order valence-corrected chi connectivity index (χ0v) is 17.0. The molecule has 2 aromatic rings. The highest BCUT2D eigenvalue weighted by molar-refractivity contribution is 7.17. The number of rotatable bonds is 5. The number of halogens is 1. The van der Waals surface area contributed by atoms with E-state index < -0.39 is 16.8 Å². The summed E-state index contributed by atoms with van der Waals surface area (Å²) >= 11 is 7.43. The molecule has 1 aromatic carbocycles. The van der Waals surface area contributed by atoms with Crippen molar-refractivity contribution in [2.45, 2.75) is 32.6 Å². The predicted molar refractivity (Wildman–Crippen MR) is 108 cm³/mol. The largest absolute Gasteiger partial charge is 0.465 e. The standard InChI is InChI=1S/C19H19ClN2O5S/c1-3-10-4-6-13-15(8-10)28-18(16(13)19(24)27-2)21-17(23)12-7-5-11(22(25)26)9-14(12)20/h5,7,9-10H,3-4,6,8H2,1-2H3,(H,21,23). The molecule has 0 bridgehead atoms. The van der Waals surface area contributed by atoms with Gasteiger partial charge in [0.15, 0.2) is 0 Å². The summed E-state index contributed by atoms with van der Waals surface area (Å²) in [6, 6.07) is 3.64. The number of anilines is 1. The molecule has 1 heterocycles. The lowest BCUT2D eigenvalue weighted by molar-refractivity contribution is -0.384. The lowest BCUT2D eigenvalue weighted by atomic mass is 9.85. The molecule has 0 saturated carbocycles. The normalized spacial score (nSPS) is 15.6. The van der Waals surface area contributed by atoms with E-state index in [2.05, 4.69) is 12.2 Å². The summed E-state index contributed by atoms with van der Waals surface area (Å²) in [7, 11) is 1.31. The van der Waals surface area contributed by atoms with Gasteiger partial charge in [0, 0.05) is 17.0 Å². The van der Waals surface area contributed by atoms with Gasteiger partial charge in [-0.2, -0.15) is 0 Å². The third kappa shape index (κ3) is 3.88. The summed E-state index contributed by atoms with van der Waals surface area (Å²) in [4.78, 5) is 36.4. The number of non-ortho nitro benzene ring substituents is 1. The van der Waals surface area contributed by atoms with E-state index in [1.54, 1.807) is 0 Å². The molecule has 1 aliphatic rings. The first-order valence-corrected chi connectivity index (χ1v) is 10.0. The number of nitrogens with one attached hydrogen (secondary N) is 1. The number of nitro groups is 1. The second kappa shape index (κ2) is 8.28. The van der Waals surface area contributed by atoms with Crippen molar-refractivity contribution < 1.29 is 19.2 Å². The molecule has 9 heteroatoms. The van der Waals surface area contributed by atoms with Crippen molar-refractivity contribution in [1.82, 2.24) is 0 Å². The van der Waals surface area contributed by atoms with E-state index in [0.717, 1.165) is 42.2 Å². The summed E-state index contributed by atoms with van der Waals surface area (Å²) in [6.07, 6.45) is 3.69. The van der Waals surface area contributed by atoms with Crippen LogP contribution in [0.1, 0.15) is 50.9 Å². The number of carbonyl (C=O) groups excluding carboxylic acids is 2. The van der Waals surface area contributed by atoms with Crippen LogP contribution < -0.4 is 5.32 Å². The molecular formula is C19H19ClN2O5S. The SMILES string of the molecule is CCC1CCc2c(sc(NC(=O)c3ccc([N+](=O)[O-])cc3Cl)c2C(=O)OC)C1. The highest BCUT2D eigenvalue weighted by Gasteiger charge is 2.30. The Hall–Kier alpha value is -2.45. The maximum atomic E-state index is 12.7. The molecular weight excluding hydrogens is 404 g/mol. The van der Waals surface area contributed by atoms with Crippen molar-refractivity contribution in [3.05, 3.63) is 54.9 Å². The van der Waals surface area contributed by atoms with Crippen LogP contribution in [-0.4, -0.2) is 23.9 Å². The molecule has 1 aliphatic carbocycles. The number of amides is 1. The Bertz CT molecular complexity index is 956. The van der Waals surface area contributed by atoms with Crippen LogP contribution in [-0.2, 0) is 17.6 Å². The lowest BCUT2D eigenvalue weighted by Crippen LogP contribution is -2.16.